The fraction of sp³-hybridized carbons (Fsp3) is 0.371. The Balaban J connectivity index is 1.84. The van der Waals surface area contributed by atoms with Crippen molar-refractivity contribution in [3.8, 4) is 28.4 Å². The lowest BCUT2D eigenvalue weighted by Crippen LogP contribution is -2.47. The molecule has 0 spiro atoms. The SMILES string of the molecule is CCC(C)C(Nc1ccc2c(cc1=O)C(NC(C)=O)CCc1cc(OC)c(OC)c(OC)c1-2)C(=O)NC(C(=O)O)c1ccccc1. The number of nitrogens with one attached hydrogen (secondary N) is 3. The summed E-state index contributed by atoms with van der Waals surface area (Å²) in [5, 5.41) is 18.7. The first-order chi connectivity index (χ1) is 22.0. The van der Waals surface area contributed by atoms with Gasteiger partial charge in [-0.2, -0.15) is 0 Å². The highest BCUT2D eigenvalue weighted by Gasteiger charge is 2.32. The second-order valence-electron chi connectivity index (χ2n) is 11.3. The zero-order valence-corrected chi connectivity index (χ0v) is 26.9. The zero-order valence-electron chi connectivity index (χ0n) is 26.9. The molecule has 11 nitrogen and oxygen atoms in total. The van der Waals surface area contributed by atoms with Crippen LogP contribution in [-0.2, 0) is 20.8 Å². The monoisotopic (exact) mass is 631 g/mol. The number of amides is 2. The van der Waals surface area contributed by atoms with Crippen LogP contribution in [0, 0.1) is 5.92 Å². The molecule has 244 valence electrons. The summed E-state index contributed by atoms with van der Waals surface area (Å²) >= 11 is 0. The van der Waals surface area contributed by atoms with Crippen molar-refractivity contribution in [2.24, 2.45) is 5.92 Å². The van der Waals surface area contributed by atoms with Gasteiger partial charge in [-0.15, -0.1) is 0 Å². The highest BCUT2D eigenvalue weighted by Crippen LogP contribution is 2.50. The molecule has 46 heavy (non-hydrogen) atoms. The van der Waals surface area contributed by atoms with E-state index in [1.807, 2.05) is 19.9 Å². The van der Waals surface area contributed by atoms with Crippen molar-refractivity contribution in [3.63, 3.8) is 0 Å². The third-order valence-electron chi connectivity index (χ3n) is 8.39. The molecule has 1 aliphatic rings. The third-order valence-corrected chi connectivity index (χ3v) is 8.39. The smallest absolute Gasteiger partial charge is 0.330 e. The van der Waals surface area contributed by atoms with Crippen LogP contribution in [0.1, 0.15) is 62.4 Å². The first kappa shape index (κ1) is 33.8. The topological polar surface area (TPSA) is 152 Å². The molecule has 0 bridgehead atoms. The standard InChI is InChI=1S/C35H41N3O8/c1-7-19(2)30(34(41)38-31(35(42)43)21-11-9-8-10-12-21)37-26-16-14-23-24(18-27(26)40)25(36-20(3)39)15-13-22-17-28(44-4)32(45-5)33(46-6)29(22)23/h8-12,14,16-19,25,30-31H,7,13,15H2,1-6H3,(H,36,39)(H,37,40)(H,38,41)(H,42,43). The van der Waals surface area contributed by atoms with Gasteiger partial charge in [-0.3, -0.25) is 14.4 Å². The molecule has 3 aromatic carbocycles. The third kappa shape index (κ3) is 7.09. The highest BCUT2D eigenvalue weighted by molar-refractivity contribution is 5.90. The lowest BCUT2D eigenvalue weighted by Gasteiger charge is -2.26. The van der Waals surface area contributed by atoms with Gasteiger partial charge in [-0.25, -0.2) is 4.79 Å². The zero-order chi connectivity index (χ0) is 33.5. The van der Waals surface area contributed by atoms with Crippen molar-refractivity contribution in [2.75, 3.05) is 26.6 Å². The number of anilines is 1. The number of hydrogen-bond donors (Lipinski definition) is 4. The molecule has 0 heterocycles. The van der Waals surface area contributed by atoms with E-state index in [2.05, 4.69) is 16.0 Å². The van der Waals surface area contributed by atoms with E-state index in [0.717, 1.165) is 5.56 Å². The molecule has 3 aromatic rings. The van der Waals surface area contributed by atoms with Gasteiger partial charge in [0.25, 0.3) is 0 Å². The molecule has 0 fully saturated rings. The van der Waals surface area contributed by atoms with Crippen LogP contribution in [0.2, 0.25) is 0 Å². The number of aliphatic carboxylic acids is 1. The van der Waals surface area contributed by atoms with Crippen molar-refractivity contribution in [2.45, 2.75) is 58.2 Å². The van der Waals surface area contributed by atoms with Gasteiger partial charge in [0.2, 0.25) is 23.0 Å². The van der Waals surface area contributed by atoms with E-state index in [4.69, 9.17) is 14.2 Å². The highest BCUT2D eigenvalue weighted by atomic mass is 16.5. The number of fused-ring (bicyclic) bond motifs is 3. The molecular formula is C35H41N3O8. The van der Waals surface area contributed by atoms with E-state index in [0.29, 0.717) is 58.8 Å². The predicted octanol–water partition coefficient (Wildman–Crippen LogP) is 4.63. The van der Waals surface area contributed by atoms with Crippen LogP contribution in [0.25, 0.3) is 11.1 Å². The molecule has 0 radical (unpaired) electrons. The Bertz CT molecular complexity index is 1660. The van der Waals surface area contributed by atoms with Crippen LogP contribution >= 0.6 is 0 Å². The molecule has 0 aliphatic heterocycles. The van der Waals surface area contributed by atoms with Gasteiger partial charge >= 0.3 is 5.97 Å². The summed E-state index contributed by atoms with van der Waals surface area (Å²) in [6.07, 6.45) is 1.63. The second-order valence-corrected chi connectivity index (χ2v) is 11.3. The second kappa shape index (κ2) is 14.8. The summed E-state index contributed by atoms with van der Waals surface area (Å²) in [6.45, 7) is 5.19. The van der Waals surface area contributed by atoms with Crippen molar-refractivity contribution in [3.05, 3.63) is 81.5 Å². The van der Waals surface area contributed by atoms with Crippen LogP contribution in [0.15, 0.2) is 59.4 Å². The molecule has 11 heteroatoms. The van der Waals surface area contributed by atoms with E-state index in [1.54, 1.807) is 49.6 Å². The lowest BCUT2D eigenvalue weighted by atomic mass is 9.95. The summed E-state index contributed by atoms with van der Waals surface area (Å²) in [7, 11) is 4.58. The first-order valence-corrected chi connectivity index (χ1v) is 15.2. The molecular weight excluding hydrogens is 590 g/mol. The number of aryl methyl sites for hydroxylation is 1. The normalized spacial score (nSPS) is 15.5. The number of ether oxygens (including phenoxy) is 3. The molecule has 0 saturated carbocycles. The van der Waals surface area contributed by atoms with E-state index in [9.17, 15) is 24.3 Å². The average molecular weight is 632 g/mol. The summed E-state index contributed by atoms with van der Waals surface area (Å²) in [4.78, 5) is 51.9. The number of carbonyl (C=O) groups is 3. The Labute approximate surface area is 268 Å². The van der Waals surface area contributed by atoms with Gasteiger partial charge in [0.05, 0.1) is 33.1 Å². The Morgan fingerprint density at radius 1 is 0.978 bits per heavy atom. The number of methoxy groups -OCH3 is 3. The van der Waals surface area contributed by atoms with Crippen molar-refractivity contribution >= 4 is 23.5 Å². The fourth-order valence-corrected chi connectivity index (χ4v) is 5.86. The largest absolute Gasteiger partial charge is 0.493 e. The summed E-state index contributed by atoms with van der Waals surface area (Å²) < 4.78 is 17.1. The van der Waals surface area contributed by atoms with Crippen LogP contribution < -0.4 is 35.6 Å². The Morgan fingerprint density at radius 2 is 1.67 bits per heavy atom. The number of carboxylic acid groups (broad SMARTS) is 1. The maximum Gasteiger partial charge on any atom is 0.330 e. The number of carboxylic acids is 1. The van der Waals surface area contributed by atoms with Crippen LogP contribution in [0.4, 0.5) is 5.69 Å². The van der Waals surface area contributed by atoms with Gasteiger partial charge in [0, 0.05) is 12.5 Å². The van der Waals surface area contributed by atoms with E-state index >= 15 is 0 Å². The average Bonchev–Trinajstić information content (AvgIpc) is 3.29. The molecule has 1 aliphatic carbocycles. The molecule has 4 atom stereocenters. The van der Waals surface area contributed by atoms with Crippen molar-refractivity contribution in [1.82, 2.24) is 10.6 Å². The minimum atomic E-state index is -1.27. The maximum absolute atomic E-state index is 13.9. The molecule has 4 unspecified atom stereocenters. The molecule has 2 amide bonds. The fourth-order valence-electron chi connectivity index (χ4n) is 5.86. The minimum Gasteiger partial charge on any atom is -0.493 e. The number of hydrogen-bond acceptors (Lipinski definition) is 8. The molecule has 4 N–H and O–H groups in total. The maximum atomic E-state index is 13.9. The summed E-state index contributed by atoms with van der Waals surface area (Å²) in [5.41, 5.74) is 2.98. The van der Waals surface area contributed by atoms with Gasteiger partial charge in [-0.1, -0.05) is 56.7 Å². The molecule has 0 aromatic heterocycles. The minimum absolute atomic E-state index is 0.141. The lowest BCUT2D eigenvalue weighted by molar-refractivity contribution is -0.142. The number of rotatable bonds is 12. The summed E-state index contributed by atoms with van der Waals surface area (Å²) in [5.74, 6) is -0.975. The Hall–Kier alpha value is -5.06. The van der Waals surface area contributed by atoms with Gasteiger partial charge in [0.15, 0.2) is 17.5 Å². The van der Waals surface area contributed by atoms with Gasteiger partial charge < -0.3 is 35.3 Å². The van der Waals surface area contributed by atoms with E-state index in [-0.39, 0.29) is 17.5 Å². The van der Waals surface area contributed by atoms with Crippen LogP contribution in [0.5, 0.6) is 17.2 Å². The Morgan fingerprint density at radius 3 is 2.26 bits per heavy atom. The Kier molecular flexibility index (Phi) is 10.9. The quantitative estimate of drug-likeness (QED) is 0.224. The van der Waals surface area contributed by atoms with Crippen LogP contribution in [0.3, 0.4) is 0 Å². The molecule has 4 rings (SSSR count). The number of carbonyl (C=O) groups excluding carboxylic acids is 2. The van der Waals surface area contributed by atoms with Gasteiger partial charge in [0.1, 0.15) is 6.04 Å². The summed E-state index contributed by atoms with van der Waals surface area (Å²) in [6, 6.07) is 12.4. The van der Waals surface area contributed by atoms with E-state index < -0.39 is 35.4 Å². The predicted molar refractivity (Wildman–Crippen MR) is 175 cm³/mol. The molecule has 0 saturated heterocycles. The van der Waals surface area contributed by atoms with Gasteiger partial charge in [-0.05, 0) is 59.2 Å². The number of benzene rings is 2. The van der Waals surface area contributed by atoms with Crippen molar-refractivity contribution in [1.29, 1.82) is 0 Å². The van der Waals surface area contributed by atoms with E-state index in [1.165, 1.54) is 27.2 Å². The van der Waals surface area contributed by atoms with Crippen LogP contribution in [-0.4, -0.2) is 50.3 Å². The first-order valence-electron chi connectivity index (χ1n) is 15.2. The van der Waals surface area contributed by atoms with Crippen molar-refractivity contribution < 1.29 is 33.7 Å².